The molecule has 102 valence electrons. The number of phenols is 1. The van der Waals surface area contributed by atoms with E-state index < -0.39 is 5.51 Å². The van der Waals surface area contributed by atoms with Gasteiger partial charge in [-0.25, -0.2) is 0 Å². The van der Waals surface area contributed by atoms with Gasteiger partial charge in [0.1, 0.15) is 5.75 Å². The van der Waals surface area contributed by atoms with Crippen molar-refractivity contribution in [3.63, 3.8) is 0 Å². The van der Waals surface area contributed by atoms with E-state index in [4.69, 9.17) is 0 Å². The Morgan fingerprint density at radius 2 is 2.00 bits per heavy atom. The first kappa shape index (κ1) is 15.2. The van der Waals surface area contributed by atoms with Crippen molar-refractivity contribution in [1.29, 1.82) is 0 Å². The molecule has 6 heteroatoms. The molecule has 0 aliphatic heterocycles. The second-order valence-corrected chi connectivity index (χ2v) is 4.93. The molecule has 18 heavy (non-hydrogen) atoms. The number of aromatic hydroxyl groups is 1. The Kier molecular flexibility index (Phi) is 5.81. The van der Waals surface area contributed by atoms with E-state index in [0.29, 0.717) is 6.42 Å². The number of phenolic OH excluding ortho intramolecular Hbond substituents is 1. The summed E-state index contributed by atoms with van der Waals surface area (Å²) >= 11 is -0.0396. The van der Waals surface area contributed by atoms with Gasteiger partial charge in [-0.05, 0) is 24.2 Å². The molecule has 0 aliphatic rings. The highest BCUT2D eigenvalue weighted by Gasteiger charge is 2.27. The summed E-state index contributed by atoms with van der Waals surface area (Å²) in [6.07, 6.45) is 0.703. The second-order valence-electron chi connectivity index (χ2n) is 3.77. The molecule has 0 amide bonds. The average Bonchev–Trinajstić information content (AvgIpc) is 2.29. The van der Waals surface area contributed by atoms with Gasteiger partial charge in [0.2, 0.25) is 0 Å². The lowest BCUT2D eigenvalue weighted by Gasteiger charge is -2.18. The number of halogens is 3. The van der Waals surface area contributed by atoms with E-state index in [2.05, 4.69) is 5.32 Å². The summed E-state index contributed by atoms with van der Waals surface area (Å²) < 4.78 is 35.8. The summed E-state index contributed by atoms with van der Waals surface area (Å²) in [5.74, 6) is 0.133. The maximum atomic E-state index is 11.9. The molecule has 2 N–H and O–H groups in total. The normalized spacial score (nSPS) is 13.6. The third kappa shape index (κ3) is 5.18. The summed E-state index contributed by atoms with van der Waals surface area (Å²) in [5.41, 5.74) is -3.46. The first-order valence-corrected chi connectivity index (χ1v) is 6.64. The van der Waals surface area contributed by atoms with E-state index in [0.717, 1.165) is 5.56 Å². The van der Waals surface area contributed by atoms with Crippen LogP contribution in [0.1, 0.15) is 24.9 Å². The molecular weight excluding hydrogens is 263 g/mol. The molecule has 0 spiro atoms. The lowest BCUT2D eigenvalue weighted by molar-refractivity contribution is -0.0327. The highest BCUT2D eigenvalue weighted by Crippen LogP contribution is 2.30. The molecule has 0 radical (unpaired) electrons. The van der Waals surface area contributed by atoms with Crippen molar-refractivity contribution in [2.45, 2.75) is 24.9 Å². The van der Waals surface area contributed by atoms with Crippen LogP contribution in [0.3, 0.4) is 0 Å². The minimum atomic E-state index is -4.18. The molecule has 0 aliphatic carbocycles. The van der Waals surface area contributed by atoms with Gasteiger partial charge in [-0.2, -0.15) is 13.2 Å². The van der Waals surface area contributed by atoms with E-state index in [1.54, 1.807) is 24.3 Å². The van der Waals surface area contributed by atoms with Gasteiger partial charge < -0.3 is 10.4 Å². The average molecular weight is 279 g/mol. The highest BCUT2D eigenvalue weighted by atomic mass is 32.2. The molecular formula is C12H16F3NOS. The van der Waals surface area contributed by atoms with Gasteiger partial charge in [0.15, 0.2) is 0 Å². The van der Waals surface area contributed by atoms with Gasteiger partial charge in [-0.1, -0.05) is 25.1 Å². The zero-order chi connectivity index (χ0) is 13.6. The SMILES string of the molecule is CCC(NCCSC(F)(F)F)c1ccccc1O. The number of rotatable bonds is 6. The van der Waals surface area contributed by atoms with E-state index >= 15 is 0 Å². The highest BCUT2D eigenvalue weighted by molar-refractivity contribution is 8.00. The Bertz CT molecular complexity index is 371. The quantitative estimate of drug-likeness (QED) is 0.779. The Balaban J connectivity index is 2.46. The largest absolute Gasteiger partial charge is 0.508 e. The minimum absolute atomic E-state index is 0.0341. The Hall–Kier alpha value is -0.880. The molecule has 0 heterocycles. The fourth-order valence-electron chi connectivity index (χ4n) is 1.66. The summed E-state index contributed by atoms with van der Waals surface area (Å²) in [6, 6.07) is 6.73. The number of benzene rings is 1. The number of hydrogen-bond donors (Lipinski definition) is 2. The van der Waals surface area contributed by atoms with Gasteiger partial charge in [0.25, 0.3) is 0 Å². The van der Waals surface area contributed by atoms with Crippen LogP contribution in [-0.2, 0) is 0 Å². The topological polar surface area (TPSA) is 32.3 Å². The number of alkyl halides is 3. The fraction of sp³-hybridized carbons (Fsp3) is 0.500. The van der Waals surface area contributed by atoms with Gasteiger partial charge in [-0.3, -0.25) is 0 Å². The van der Waals surface area contributed by atoms with Crippen LogP contribution in [0.4, 0.5) is 13.2 Å². The zero-order valence-corrected chi connectivity index (χ0v) is 10.8. The molecule has 0 bridgehead atoms. The molecule has 1 aromatic carbocycles. The predicted octanol–water partition coefficient (Wildman–Crippen LogP) is 3.69. The van der Waals surface area contributed by atoms with E-state index in [-0.39, 0.29) is 35.9 Å². The third-order valence-corrected chi connectivity index (χ3v) is 3.21. The molecule has 0 saturated carbocycles. The van der Waals surface area contributed by atoms with Gasteiger partial charge in [0.05, 0.1) is 0 Å². The Morgan fingerprint density at radius 3 is 2.56 bits per heavy atom. The van der Waals surface area contributed by atoms with Crippen molar-refractivity contribution in [1.82, 2.24) is 5.32 Å². The maximum Gasteiger partial charge on any atom is 0.441 e. The maximum absolute atomic E-state index is 11.9. The second kappa shape index (κ2) is 6.89. The third-order valence-electron chi connectivity index (χ3n) is 2.48. The summed E-state index contributed by atoms with van der Waals surface area (Å²) in [7, 11) is 0. The Labute approximate surface area is 109 Å². The number of hydrogen-bond acceptors (Lipinski definition) is 3. The standard InChI is InChI=1S/C12H16F3NOS/c1-2-10(9-5-3-4-6-11(9)17)16-7-8-18-12(13,14)15/h3-6,10,16-17H,2,7-8H2,1H3. The first-order chi connectivity index (χ1) is 8.44. The lowest BCUT2D eigenvalue weighted by atomic mass is 10.0. The van der Waals surface area contributed by atoms with Gasteiger partial charge in [-0.15, -0.1) is 0 Å². The van der Waals surface area contributed by atoms with Crippen LogP contribution in [0.2, 0.25) is 0 Å². The molecule has 0 fully saturated rings. The first-order valence-electron chi connectivity index (χ1n) is 5.66. The molecule has 0 aromatic heterocycles. The zero-order valence-electron chi connectivity index (χ0n) is 10.00. The molecule has 0 saturated heterocycles. The van der Waals surface area contributed by atoms with Gasteiger partial charge >= 0.3 is 5.51 Å². The van der Waals surface area contributed by atoms with Crippen LogP contribution in [-0.4, -0.2) is 22.9 Å². The van der Waals surface area contributed by atoms with Crippen LogP contribution in [0.25, 0.3) is 0 Å². The lowest BCUT2D eigenvalue weighted by Crippen LogP contribution is -2.24. The number of nitrogens with one attached hydrogen (secondary N) is 1. The molecule has 1 atom stereocenters. The van der Waals surface area contributed by atoms with Crippen molar-refractivity contribution in [3.8, 4) is 5.75 Å². The smallest absolute Gasteiger partial charge is 0.441 e. The summed E-state index contributed by atoms with van der Waals surface area (Å²) in [5, 5.41) is 12.7. The predicted molar refractivity (Wildman–Crippen MR) is 67.7 cm³/mol. The van der Waals surface area contributed by atoms with Crippen molar-refractivity contribution < 1.29 is 18.3 Å². The molecule has 1 unspecified atom stereocenters. The molecule has 1 aromatic rings. The fourth-order valence-corrected chi connectivity index (χ4v) is 2.11. The monoisotopic (exact) mass is 279 g/mol. The van der Waals surface area contributed by atoms with Crippen LogP contribution < -0.4 is 5.32 Å². The summed E-state index contributed by atoms with van der Waals surface area (Å²) in [6.45, 7) is 2.16. The van der Waals surface area contributed by atoms with Crippen LogP contribution in [0, 0.1) is 0 Å². The molecule has 2 nitrogen and oxygen atoms in total. The van der Waals surface area contributed by atoms with E-state index in [1.165, 1.54) is 0 Å². The van der Waals surface area contributed by atoms with Crippen LogP contribution in [0.5, 0.6) is 5.75 Å². The van der Waals surface area contributed by atoms with Crippen LogP contribution in [0.15, 0.2) is 24.3 Å². The van der Waals surface area contributed by atoms with Crippen molar-refractivity contribution in [2.75, 3.05) is 12.3 Å². The number of thioether (sulfide) groups is 1. The minimum Gasteiger partial charge on any atom is -0.508 e. The summed E-state index contributed by atoms with van der Waals surface area (Å²) in [4.78, 5) is 0. The van der Waals surface area contributed by atoms with Gasteiger partial charge in [0, 0.05) is 23.9 Å². The van der Waals surface area contributed by atoms with Crippen LogP contribution >= 0.6 is 11.8 Å². The van der Waals surface area contributed by atoms with E-state index in [9.17, 15) is 18.3 Å². The van der Waals surface area contributed by atoms with Crippen molar-refractivity contribution in [3.05, 3.63) is 29.8 Å². The van der Waals surface area contributed by atoms with E-state index in [1.807, 2.05) is 6.92 Å². The number of para-hydroxylation sites is 1. The van der Waals surface area contributed by atoms with Crippen molar-refractivity contribution in [2.24, 2.45) is 0 Å². The van der Waals surface area contributed by atoms with Crippen molar-refractivity contribution >= 4 is 11.8 Å². The molecule has 1 rings (SSSR count). The Morgan fingerprint density at radius 1 is 1.33 bits per heavy atom.